The van der Waals surface area contributed by atoms with Crippen molar-refractivity contribution in [2.24, 2.45) is 0 Å². The maximum Gasteiger partial charge on any atom is 0.330 e. The predicted octanol–water partition coefficient (Wildman–Crippen LogP) is 2.98. The summed E-state index contributed by atoms with van der Waals surface area (Å²) in [5.74, 6) is -3.90. The van der Waals surface area contributed by atoms with Gasteiger partial charge in [0.2, 0.25) is 0 Å². The van der Waals surface area contributed by atoms with E-state index in [2.05, 4.69) is 4.74 Å². The van der Waals surface area contributed by atoms with Gasteiger partial charge in [-0.3, -0.25) is 0 Å². The lowest BCUT2D eigenvalue weighted by Crippen LogP contribution is -2.32. The fraction of sp³-hybridized carbons (Fsp3) is 0.417. The lowest BCUT2D eigenvalue weighted by Gasteiger charge is -2.15. The molecule has 0 bridgehead atoms. The molecule has 19 heavy (non-hydrogen) atoms. The van der Waals surface area contributed by atoms with Gasteiger partial charge in [0, 0.05) is 0 Å². The summed E-state index contributed by atoms with van der Waals surface area (Å²) < 4.78 is 58.3. The van der Waals surface area contributed by atoms with Gasteiger partial charge in [0.25, 0.3) is 0 Å². The number of nitrogens with zero attached hydrogens (tertiary/aromatic N) is 1. The Morgan fingerprint density at radius 1 is 1.37 bits per heavy atom. The zero-order valence-corrected chi connectivity index (χ0v) is 10.00. The van der Waals surface area contributed by atoms with Crippen molar-refractivity contribution in [2.45, 2.75) is 19.0 Å². The fourth-order valence-electron chi connectivity index (χ4n) is 1.29. The third kappa shape index (κ3) is 4.10. The number of halogens is 4. The maximum atomic E-state index is 12.6. The highest BCUT2D eigenvalue weighted by molar-refractivity contribution is 5.45. The maximum absolute atomic E-state index is 12.6. The van der Waals surface area contributed by atoms with E-state index in [1.165, 1.54) is 25.3 Å². The highest BCUT2D eigenvalue weighted by Gasteiger charge is 2.40. The zero-order chi connectivity index (χ0) is 14.5. The number of hydrogen-bond acceptors (Lipinski definition) is 3. The predicted molar refractivity (Wildman–Crippen MR) is 58.3 cm³/mol. The third-order valence-corrected chi connectivity index (χ3v) is 2.27. The summed E-state index contributed by atoms with van der Waals surface area (Å²) in [4.78, 5) is 0. The van der Waals surface area contributed by atoms with Crippen molar-refractivity contribution < 1.29 is 27.0 Å². The summed E-state index contributed by atoms with van der Waals surface area (Å²) in [5, 5.41) is 8.74. The van der Waals surface area contributed by atoms with Crippen LogP contribution in [0.15, 0.2) is 18.2 Å². The van der Waals surface area contributed by atoms with E-state index >= 15 is 0 Å². The first kappa shape index (κ1) is 15.2. The van der Waals surface area contributed by atoms with Gasteiger partial charge in [-0.25, -0.2) is 8.78 Å². The van der Waals surface area contributed by atoms with Gasteiger partial charge < -0.3 is 9.47 Å². The number of hydrogen-bond donors (Lipinski definition) is 0. The van der Waals surface area contributed by atoms with Crippen LogP contribution in [0, 0.1) is 11.3 Å². The van der Waals surface area contributed by atoms with Crippen LogP contribution in [-0.2, 0) is 11.3 Å². The molecular formula is C12H11F4NO2. The molecular weight excluding hydrogens is 266 g/mol. The van der Waals surface area contributed by atoms with E-state index in [1.807, 2.05) is 6.07 Å². The van der Waals surface area contributed by atoms with Gasteiger partial charge >= 0.3 is 12.3 Å². The quantitative estimate of drug-likeness (QED) is 0.751. The van der Waals surface area contributed by atoms with Crippen molar-refractivity contribution in [3.05, 3.63) is 29.3 Å². The van der Waals surface area contributed by atoms with E-state index < -0.39 is 19.0 Å². The molecule has 0 aliphatic rings. The molecule has 0 fully saturated rings. The van der Waals surface area contributed by atoms with Crippen LogP contribution in [-0.4, -0.2) is 26.1 Å². The Balaban J connectivity index is 2.62. The van der Waals surface area contributed by atoms with Crippen LogP contribution in [0.5, 0.6) is 5.75 Å². The van der Waals surface area contributed by atoms with Crippen LogP contribution >= 0.6 is 0 Å². The average Bonchev–Trinajstić information content (AvgIpc) is 2.38. The molecule has 0 spiro atoms. The van der Waals surface area contributed by atoms with Crippen molar-refractivity contribution >= 4 is 0 Å². The summed E-state index contributed by atoms with van der Waals surface area (Å²) in [6, 6.07) is 6.22. The molecule has 0 aliphatic carbocycles. The van der Waals surface area contributed by atoms with Gasteiger partial charge in [-0.2, -0.15) is 14.0 Å². The third-order valence-electron chi connectivity index (χ3n) is 2.27. The molecule has 3 nitrogen and oxygen atoms in total. The minimum Gasteiger partial charge on any atom is -0.495 e. The van der Waals surface area contributed by atoms with E-state index in [-0.39, 0.29) is 17.9 Å². The second-order valence-corrected chi connectivity index (χ2v) is 3.70. The van der Waals surface area contributed by atoms with Gasteiger partial charge in [0.05, 0.1) is 19.3 Å². The van der Waals surface area contributed by atoms with E-state index in [0.717, 1.165) is 0 Å². The van der Waals surface area contributed by atoms with Crippen LogP contribution < -0.4 is 4.74 Å². The molecule has 0 saturated carbocycles. The molecule has 0 heterocycles. The molecule has 0 saturated heterocycles. The number of rotatable bonds is 6. The number of alkyl halides is 4. The molecule has 7 heteroatoms. The SMILES string of the molecule is COc1cc(COCC(F)(F)C(F)F)ccc1C#N. The number of benzene rings is 1. The average molecular weight is 277 g/mol. The Bertz CT molecular complexity index is 471. The number of nitriles is 1. The number of ether oxygens (including phenoxy) is 2. The first-order valence-corrected chi connectivity index (χ1v) is 5.21. The van der Waals surface area contributed by atoms with Crippen LogP contribution in [0.4, 0.5) is 17.6 Å². The second kappa shape index (κ2) is 6.38. The Morgan fingerprint density at radius 3 is 2.58 bits per heavy atom. The molecule has 104 valence electrons. The molecule has 0 atom stereocenters. The largest absolute Gasteiger partial charge is 0.495 e. The van der Waals surface area contributed by atoms with Gasteiger partial charge in [-0.15, -0.1) is 0 Å². The second-order valence-electron chi connectivity index (χ2n) is 3.70. The first-order valence-electron chi connectivity index (χ1n) is 5.21. The summed E-state index contributed by atoms with van der Waals surface area (Å²) >= 11 is 0. The summed E-state index contributed by atoms with van der Waals surface area (Å²) in [7, 11) is 1.35. The highest BCUT2D eigenvalue weighted by Crippen LogP contribution is 2.24. The Labute approximate surface area is 107 Å². The molecule has 0 unspecified atom stereocenters. The van der Waals surface area contributed by atoms with Gasteiger partial charge in [0.15, 0.2) is 0 Å². The molecule has 1 aromatic rings. The highest BCUT2D eigenvalue weighted by atomic mass is 19.3. The first-order chi connectivity index (χ1) is 8.90. The van der Waals surface area contributed by atoms with E-state index in [1.54, 1.807) is 0 Å². The number of methoxy groups -OCH3 is 1. The molecule has 0 amide bonds. The minimum atomic E-state index is -4.17. The minimum absolute atomic E-state index is 0.268. The Kier molecular flexibility index (Phi) is 5.12. The van der Waals surface area contributed by atoms with Crippen LogP contribution in [0.1, 0.15) is 11.1 Å². The Morgan fingerprint density at radius 2 is 2.05 bits per heavy atom. The van der Waals surface area contributed by atoms with Gasteiger partial charge in [0.1, 0.15) is 18.4 Å². The summed E-state index contributed by atoms with van der Waals surface area (Å²) in [6.45, 7) is -1.64. The summed E-state index contributed by atoms with van der Waals surface area (Å²) in [5.41, 5.74) is 0.727. The lowest BCUT2D eigenvalue weighted by atomic mass is 10.1. The lowest BCUT2D eigenvalue weighted by molar-refractivity contribution is -0.168. The topological polar surface area (TPSA) is 42.2 Å². The molecule has 0 N–H and O–H groups in total. The monoisotopic (exact) mass is 277 g/mol. The van der Waals surface area contributed by atoms with Crippen molar-refractivity contribution in [2.75, 3.05) is 13.7 Å². The van der Waals surface area contributed by atoms with E-state index in [4.69, 9.17) is 10.00 Å². The van der Waals surface area contributed by atoms with Gasteiger partial charge in [-0.05, 0) is 17.7 Å². The van der Waals surface area contributed by atoms with Crippen molar-refractivity contribution in [1.82, 2.24) is 0 Å². The van der Waals surface area contributed by atoms with Crippen molar-refractivity contribution in [3.8, 4) is 11.8 Å². The van der Waals surface area contributed by atoms with E-state index in [0.29, 0.717) is 5.56 Å². The standard InChI is InChI=1S/C12H11F4NO2/c1-18-10-4-8(2-3-9(10)5-17)6-19-7-12(15,16)11(13)14/h2-4,11H,6-7H2,1H3. The van der Waals surface area contributed by atoms with Crippen LogP contribution in [0.3, 0.4) is 0 Å². The van der Waals surface area contributed by atoms with Crippen molar-refractivity contribution in [1.29, 1.82) is 5.26 Å². The van der Waals surface area contributed by atoms with E-state index in [9.17, 15) is 17.6 Å². The van der Waals surface area contributed by atoms with Crippen LogP contribution in [0.2, 0.25) is 0 Å². The fourth-order valence-corrected chi connectivity index (χ4v) is 1.29. The molecule has 1 rings (SSSR count). The molecule has 0 aliphatic heterocycles. The zero-order valence-electron chi connectivity index (χ0n) is 10.00. The Hall–Kier alpha value is -1.81. The van der Waals surface area contributed by atoms with Crippen LogP contribution in [0.25, 0.3) is 0 Å². The smallest absolute Gasteiger partial charge is 0.330 e. The molecule has 0 radical (unpaired) electrons. The normalized spacial score (nSPS) is 11.4. The molecule has 0 aromatic heterocycles. The molecule has 1 aromatic carbocycles. The van der Waals surface area contributed by atoms with Crippen molar-refractivity contribution in [3.63, 3.8) is 0 Å². The summed E-state index contributed by atoms with van der Waals surface area (Å²) in [6.07, 6.45) is -3.76. The van der Waals surface area contributed by atoms with Gasteiger partial charge in [-0.1, -0.05) is 6.07 Å².